The Hall–Kier alpha value is -0.420. The van der Waals surface area contributed by atoms with Gasteiger partial charge in [-0.25, -0.2) is 0 Å². The van der Waals surface area contributed by atoms with Gasteiger partial charge in [-0.2, -0.15) is 11.8 Å². The first-order valence-electron chi connectivity index (χ1n) is 5.46. The highest BCUT2D eigenvalue weighted by atomic mass is 35.5. The number of amides is 1. The molecule has 0 fully saturated rings. The van der Waals surface area contributed by atoms with Gasteiger partial charge in [0.1, 0.15) is 0 Å². The van der Waals surface area contributed by atoms with E-state index in [9.17, 15) is 4.79 Å². The zero-order chi connectivity index (χ0) is 13.7. The maximum absolute atomic E-state index is 11.8. The Balaban J connectivity index is 2.72. The molecular formula is C12H16Cl2N2OS. The lowest BCUT2D eigenvalue weighted by atomic mass is 10.2. The lowest BCUT2D eigenvalue weighted by Crippen LogP contribution is -2.36. The van der Waals surface area contributed by atoms with Crippen molar-refractivity contribution in [2.75, 3.05) is 17.3 Å². The Morgan fingerprint density at radius 1 is 1.44 bits per heavy atom. The molecule has 3 nitrogen and oxygen atoms in total. The fourth-order valence-electron chi connectivity index (χ4n) is 1.34. The third-order valence-corrected chi connectivity index (χ3v) is 3.84. The van der Waals surface area contributed by atoms with E-state index in [1.54, 1.807) is 23.9 Å². The van der Waals surface area contributed by atoms with Gasteiger partial charge in [0.15, 0.2) is 0 Å². The number of rotatable bonds is 5. The van der Waals surface area contributed by atoms with Gasteiger partial charge in [-0.1, -0.05) is 23.2 Å². The van der Waals surface area contributed by atoms with Crippen molar-refractivity contribution in [3.63, 3.8) is 0 Å². The molecule has 18 heavy (non-hydrogen) atoms. The minimum atomic E-state index is -0.534. The van der Waals surface area contributed by atoms with E-state index in [4.69, 9.17) is 28.9 Å². The molecule has 0 saturated carbocycles. The number of carbonyl (C=O) groups excluding carboxylic acids is 1. The quantitative estimate of drug-likeness (QED) is 0.877. The molecule has 1 amide bonds. The lowest BCUT2D eigenvalue weighted by molar-refractivity contribution is -0.117. The third kappa shape index (κ3) is 4.35. The normalized spacial score (nSPS) is 12.3. The molecule has 0 aliphatic rings. The molecule has 100 valence electrons. The van der Waals surface area contributed by atoms with Crippen LogP contribution in [0.15, 0.2) is 12.1 Å². The highest BCUT2D eigenvalue weighted by Gasteiger charge is 2.15. The van der Waals surface area contributed by atoms with Crippen molar-refractivity contribution in [2.24, 2.45) is 5.73 Å². The summed E-state index contributed by atoms with van der Waals surface area (Å²) in [5, 5.41) is 3.72. The molecule has 0 heterocycles. The van der Waals surface area contributed by atoms with Crippen LogP contribution < -0.4 is 11.1 Å². The summed E-state index contributed by atoms with van der Waals surface area (Å²) in [6.45, 7) is 1.85. The van der Waals surface area contributed by atoms with Gasteiger partial charge in [-0.3, -0.25) is 4.79 Å². The van der Waals surface area contributed by atoms with Crippen LogP contribution in [0.2, 0.25) is 10.0 Å². The van der Waals surface area contributed by atoms with Gasteiger partial charge in [0.05, 0.1) is 16.8 Å². The molecule has 0 radical (unpaired) electrons. The number of anilines is 1. The van der Waals surface area contributed by atoms with Crippen LogP contribution in [-0.2, 0) is 4.79 Å². The molecule has 0 aromatic heterocycles. The van der Waals surface area contributed by atoms with Crippen molar-refractivity contribution in [1.82, 2.24) is 0 Å². The Bertz CT molecular complexity index is 440. The molecule has 0 aliphatic carbocycles. The second-order valence-corrected chi connectivity index (χ2v) is 5.76. The smallest absolute Gasteiger partial charge is 0.241 e. The van der Waals surface area contributed by atoms with Crippen LogP contribution in [0, 0.1) is 6.92 Å². The molecule has 6 heteroatoms. The molecule has 0 saturated heterocycles. The molecule has 1 atom stereocenters. The van der Waals surface area contributed by atoms with Gasteiger partial charge in [0, 0.05) is 5.02 Å². The van der Waals surface area contributed by atoms with E-state index >= 15 is 0 Å². The van der Waals surface area contributed by atoms with E-state index in [1.807, 2.05) is 13.2 Å². The number of aryl methyl sites for hydroxylation is 1. The van der Waals surface area contributed by atoms with Gasteiger partial charge in [0.25, 0.3) is 0 Å². The number of halogens is 2. The predicted octanol–water partition coefficient (Wildman–Crippen LogP) is 3.32. The molecule has 1 aromatic carbocycles. The lowest BCUT2D eigenvalue weighted by Gasteiger charge is -2.13. The standard InChI is InChI=1S/C12H16Cl2N2OS/c1-7-5-9(14)11(6-8(7)13)16-12(17)10(15)3-4-18-2/h5-6,10H,3-4,15H2,1-2H3,(H,16,17)/t10-/m0/s1. The minimum Gasteiger partial charge on any atom is -0.323 e. The number of carbonyl (C=O) groups is 1. The van der Waals surface area contributed by atoms with Gasteiger partial charge >= 0.3 is 0 Å². The second-order valence-electron chi connectivity index (χ2n) is 3.96. The van der Waals surface area contributed by atoms with Crippen molar-refractivity contribution in [3.05, 3.63) is 27.7 Å². The highest BCUT2D eigenvalue weighted by molar-refractivity contribution is 7.98. The molecule has 3 N–H and O–H groups in total. The third-order valence-electron chi connectivity index (χ3n) is 2.48. The van der Waals surface area contributed by atoms with Crippen molar-refractivity contribution >= 4 is 46.6 Å². The molecule has 0 bridgehead atoms. The predicted molar refractivity (Wildman–Crippen MR) is 80.8 cm³/mol. The van der Waals surface area contributed by atoms with E-state index in [0.717, 1.165) is 11.3 Å². The summed E-state index contributed by atoms with van der Waals surface area (Å²) in [6.07, 6.45) is 2.60. The number of nitrogens with two attached hydrogens (primary N) is 1. The summed E-state index contributed by atoms with van der Waals surface area (Å²) in [5.74, 6) is 0.600. The zero-order valence-electron chi connectivity index (χ0n) is 10.3. The van der Waals surface area contributed by atoms with E-state index < -0.39 is 6.04 Å². The van der Waals surface area contributed by atoms with E-state index in [0.29, 0.717) is 22.2 Å². The van der Waals surface area contributed by atoms with Gasteiger partial charge in [-0.05, 0) is 43.0 Å². The highest BCUT2D eigenvalue weighted by Crippen LogP contribution is 2.28. The van der Waals surface area contributed by atoms with Crippen LogP contribution in [0.4, 0.5) is 5.69 Å². The second kappa shape index (κ2) is 7.24. The van der Waals surface area contributed by atoms with Crippen molar-refractivity contribution in [3.8, 4) is 0 Å². The van der Waals surface area contributed by atoms with E-state index in [2.05, 4.69) is 5.32 Å². The summed E-state index contributed by atoms with van der Waals surface area (Å²) < 4.78 is 0. The average Bonchev–Trinajstić information content (AvgIpc) is 2.32. The Labute approximate surface area is 121 Å². The van der Waals surface area contributed by atoms with Crippen molar-refractivity contribution < 1.29 is 4.79 Å². The number of nitrogens with one attached hydrogen (secondary N) is 1. The van der Waals surface area contributed by atoms with Gasteiger partial charge in [-0.15, -0.1) is 0 Å². The first-order valence-corrected chi connectivity index (χ1v) is 7.61. The summed E-state index contributed by atoms with van der Waals surface area (Å²) in [4.78, 5) is 11.8. The largest absolute Gasteiger partial charge is 0.323 e. The Kier molecular flexibility index (Phi) is 6.29. The maximum atomic E-state index is 11.8. The summed E-state index contributed by atoms with van der Waals surface area (Å²) in [7, 11) is 0. The van der Waals surface area contributed by atoms with Crippen LogP contribution in [0.25, 0.3) is 0 Å². The van der Waals surface area contributed by atoms with Crippen molar-refractivity contribution in [2.45, 2.75) is 19.4 Å². The van der Waals surface area contributed by atoms with Crippen molar-refractivity contribution in [1.29, 1.82) is 0 Å². The monoisotopic (exact) mass is 306 g/mol. The van der Waals surface area contributed by atoms with Crippen LogP contribution in [0.3, 0.4) is 0 Å². The molecule has 0 aliphatic heterocycles. The molecular weight excluding hydrogens is 291 g/mol. The SMILES string of the molecule is CSCC[C@H](N)C(=O)Nc1cc(Cl)c(C)cc1Cl. The van der Waals surface area contributed by atoms with Gasteiger partial charge < -0.3 is 11.1 Å². The number of benzene rings is 1. The van der Waals surface area contributed by atoms with Crippen LogP contribution >= 0.6 is 35.0 Å². The Morgan fingerprint density at radius 3 is 2.72 bits per heavy atom. The summed E-state index contributed by atoms with van der Waals surface area (Å²) in [6, 6.07) is 2.82. The molecule has 0 unspecified atom stereocenters. The first kappa shape index (κ1) is 15.6. The Morgan fingerprint density at radius 2 is 2.11 bits per heavy atom. The summed E-state index contributed by atoms with van der Waals surface area (Å²) in [5.41, 5.74) is 7.13. The zero-order valence-corrected chi connectivity index (χ0v) is 12.6. The minimum absolute atomic E-state index is 0.245. The maximum Gasteiger partial charge on any atom is 0.241 e. The van der Waals surface area contributed by atoms with Crippen LogP contribution in [0.1, 0.15) is 12.0 Å². The number of thioether (sulfide) groups is 1. The number of hydrogen-bond donors (Lipinski definition) is 2. The molecule has 1 rings (SSSR count). The topological polar surface area (TPSA) is 55.1 Å². The number of hydrogen-bond acceptors (Lipinski definition) is 3. The van der Waals surface area contributed by atoms with E-state index in [1.165, 1.54) is 0 Å². The van der Waals surface area contributed by atoms with Gasteiger partial charge in [0.2, 0.25) is 5.91 Å². The fraction of sp³-hybridized carbons (Fsp3) is 0.417. The average molecular weight is 307 g/mol. The summed E-state index contributed by atoms with van der Waals surface area (Å²) >= 11 is 13.7. The fourth-order valence-corrected chi connectivity index (χ4v) is 2.26. The molecule has 0 spiro atoms. The van der Waals surface area contributed by atoms with E-state index in [-0.39, 0.29) is 5.91 Å². The van der Waals surface area contributed by atoms with Crippen LogP contribution in [-0.4, -0.2) is 24.0 Å². The first-order chi connectivity index (χ1) is 8.45. The molecule has 1 aromatic rings. The van der Waals surface area contributed by atoms with Crippen LogP contribution in [0.5, 0.6) is 0 Å².